The fourth-order valence-electron chi connectivity index (χ4n) is 3.54. The zero-order valence-corrected chi connectivity index (χ0v) is 16.8. The van der Waals surface area contributed by atoms with Crippen LogP contribution in [0.1, 0.15) is 50.4 Å². The Morgan fingerprint density at radius 3 is 2.44 bits per heavy atom. The largest absolute Gasteiger partial charge is 0.480 e. The Bertz CT molecular complexity index is 783. The van der Waals surface area contributed by atoms with Crippen LogP contribution in [0.2, 0.25) is 0 Å². The van der Waals surface area contributed by atoms with Gasteiger partial charge in [0.15, 0.2) is 0 Å². The van der Waals surface area contributed by atoms with E-state index in [9.17, 15) is 23.1 Å². The number of carbonyl (C=O) groups is 2. The number of benzene rings is 1. The average Bonchev–Trinajstić information content (AvgIpc) is 2.60. The van der Waals surface area contributed by atoms with Gasteiger partial charge in [-0.1, -0.05) is 33.3 Å². The van der Waals surface area contributed by atoms with E-state index < -0.39 is 27.9 Å². The van der Waals surface area contributed by atoms with Crippen molar-refractivity contribution in [1.29, 1.82) is 0 Å². The maximum atomic E-state index is 13.0. The molecule has 2 rings (SSSR count). The molecule has 1 fully saturated rings. The third-order valence-corrected chi connectivity index (χ3v) is 6.58. The van der Waals surface area contributed by atoms with Crippen LogP contribution in [0.3, 0.4) is 0 Å². The van der Waals surface area contributed by atoms with E-state index in [1.807, 2.05) is 20.8 Å². The van der Waals surface area contributed by atoms with Crippen LogP contribution in [-0.2, 0) is 14.8 Å². The Labute approximate surface area is 160 Å². The van der Waals surface area contributed by atoms with Crippen molar-refractivity contribution in [3.8, 4) is 0 Å². The zero-order valence-electron chi connectivity index (χ0n) is 16.0. The van der Waals surface area contributed by atoms with Crippen LogP contribution in [0.15, 0.2) is 29.2 Å². The Hall–Kier alpha value is -1.93. The molecule has 1 amide bonds. The molecule has 0 bridgehead atoms. The normalized spacial score (nSPS) is 22.2. The first-order valence-electron chi connectivity index (χ1n) is 9.29. The highest BCUT2D eigenvalue weighted by Gasteiger charge is 2.32. The lowest BCUT2D eigenvalue weighted by molar-refractivity contribution is -0.139. The van der Waals surface area contributed by atoms with Crippen LogP contribution in [0.4, 0.5) is 0 Å². The molecular formula is C19H28N2O5S. The Kier molecular flexibility index (Phi) is 7.00. The molecule has 8 heteroatoms. The lowest BCUT2D eigenvalue weighted by Gasteiger charge is -2.34. The van der Waals surface area contributed by atoms with Gasteiger partial charge in [0.25, 0.3) is 5.91 Å². The third kappa shape index (κ3) is 5.29. The first-order chi connectivity index (χ1) is 12.6. The minimum absolute atomic E-state index is 0.0545. The summed E-state index contributed by atoms with van der Waals surface area (Å²) in [6.45, 7) is 6.81. The molecule has 27 heavy (non-hydrogen) atoms. The molecule has 0 spiro atoms. The smallest absolute Gasteiger partial charge is 0.326 e. The Morgan fingerprint density at radius 2 is 1.89 bits per heavy atom. The van der Waals surface area contributed by atoms with Crippen LogP contribution in [-0.4, -0.2) is 48.8 Å². The SMILES string of the molecule is CCCC(NC(=O)c1cccc(S(=O)(=O)N2CC(C)CC(C)C2)c1)C(=O)O. The molecule has 0 aromatic heterocycles. The minimum atomic E-state index is -3.70. The van der Waals surface area contributed by atoms with Crippen LogP contribution in [0.25, 0.3) is 0 Å². The van der Waals surface area contributed by atoms with Gasteiger partial charge in [-0.05, 0) is 42.9 Å². The second-order valence-corrected chi connectivity index (χ2v) is 9.39. The summed E-state index contributed by atoms with van der Waals surface area (Å²) in [5, 5.41) is 11.6. The Balaban J connectivity index is 2.23. The lowest BCUT2D eigenvalue weighted by atomic mass is 9.94. The fraction of sp³-hybridized carbons (Fsp3) is 0.579. The van der Waals surface area contributed by atoms with E-state index in [-0.39, 0.29) is 22.3 Å². The quantitative estimate of drug-likeness (QED) is 0.736. The molecule has 1 aromatic rings. The number of rotatable bonds is 7. The van der Waals surface area contributed by atoms with Crippen molar-refractivity contribution in [2.75, 3.05) is 13.1 Å². The van der Waals surface area contributed by atoms with Gasteiger partial charge in [0.1, 0.15) is 6.04 Å². The van der Waals surface area contributed by atoms with Crippen molar-refractivity contribution in [2.24, 2.45) is 11.8 Å². The topological polar surface area (TPSA) is 104 Å². The number of carboxylic acid groups (broad SMARTS) is 1. The van der Waals surface area contributed by atoms with Gasteiger partial charge >= 0.3 is 5.97 Å². The first kappa shape index (κ1) is 21.4. The molecule has 1 aliphatic rings. The molecule has 150 valence electrons. The number of hydrogen-bond acceptors (Lipinski definition) is 4. The average molecular weight is 397 g/mol. The van der Waals surface area contributed by atoms with Crippen molar-refractivity contribution < 1.29 is 23.1 Å². The summed E-state index contributed by atoms with van der Waals surface area (Å²) in [7, 11) is -3.70. The molecular weight excluding hydrogens is 368 g/mol. The number of nitrogens with one attached hydrogen (secondary N) is 1. The number of carbonyl (C=O) groups excluding carboxylic acids is 1. The second-order valence-electron chi connectivity index (χ2n) is 7.45. The van der Waals surface area contributed by atoms with Crippen molar-refractivity contribution in [3.05, 3.63) is 29.8 Å². The number of hydrogen-bond donors (Lipinski definition) is 2. The van der Waals surface area contributed by atoms with Crippen molar-refractivity contribution in [2.45, 2.75) is 51.0 Å². The molecule has 1 saturated heterocycles. The van der Waals surface area contributed by atoms with E-state index in [0.29, 0.717) is 25.9 Å². The highest BCUT2D eigenvalue weighted by molar-refractivity contribution is 7.89. The lowest BCUT2D eigenvalue weighted by Crippen LogP contribution is -2.42. The summed E-state index contributed by atoms with van der Waals surface area (Å²) in [5.74, 6) is -1.14. The predicted octanol–water partition coefficient (Wildman–Crippen LogP) is 2.34. The highest BCUT2D eigenvalue weighted by Crippen LogP contribution is 2.27. The summed E-state index contributed by atoms with van der Waals surface area (Å²) < 4.78 is 27.4. The monoisotopic (exact) mass is 396 g/mol. The summed E-state index contributed by atoms with van der Waals surface area (Å²) in [5.41, 5.74) is 0.136. The molecule has 0 radical (unpaired) electrons. The summed E-state index contributed by atoms with van der Waals surface area (Å²) in [6.07, 6.45) is 1.90. The van der Waals surface area contributed by atoms with E-state index in [0.717, 1.165) is 6.42 Å². The van der Waals surface area contributed by atoms with Crippen LogP contribution in [0, 0.1) is 11.8 Å². The summed E-state index contributed by atoms with van der Waals surface area (Å²) in [4.78, 5) is 23.7. The zero-order chi connectivity index (χ0) is 20.2. The van der Waals surface area contributed by atoms with Gasteiger partial charge in [0, 0.05) is 18.7 Å². The fourth-order valence-corrected chi connectivity index (χ4v) is 5.26. The van der Waals surface area contributed by atoms with Crippen molar-refractivity contribution in [3.63, 3.8) is 0 Å². The molecule has 1 aliphatic heterocycles. The first-order valence-corrected chi connectivity index (χ1v) is 10.7. The molecule has 7 nitrogen and oxygen atoms in total. The molecule has 1 heterocycles. The maximum absolute atomic E-state index is 13.0. The number of amides is 1. The van der Waals surface area contributed by atoms with Crippen LogP contribution < -0.4 is 5.32 Å². The van der Waals surface area contributed by atoms with Gasteiger partial charge in [-0.3, -0.25) is 4.79 Å². The van der Waals surface area contributed by atoms with Gasteiger partial charge in [-0.25, -0.2) is 13.2 Å². The summed E-state index contributed by atoms with van der Waals surface area (Å²) >= 11 is 0. The van der Waals surface area contributed by atoms with Gasteiger partial charge in [0.2, 0.25) is 10.0 Å². The minimum Gasteiger partial charge on any atom is -0.480 e. The van der Waals surface area contributed by atoms with E-state index in [2.05, 4.69) is 5.32 Å². The van der Waals surface area contributed by atoms with E-state index in [4.69, 9.17) is 0 Å². The number of aliphatic carboxylic acids is 1. The van der Waals surface area contributed by atoms with Crippen molar-refractivity contribution in [1.82, 2.24) is 9.62 Å². The van der Waals surface area contributed by atoms with Gasteiger partial charge in [-0.15, -0.1) is 0 Å². The number of piperidine rings is 1. The molecule has 0 saturated carbocycles. The standard InChI is InChI=1S/C19H28N2O5S/c1-4-6-17(19(23)24)20-18(22)15-7-5-8-16(10-15)27(25,26)21-11-13(2)9-14(3)12-21/h5,7-8,10,13-14,17H,4,6,9,11-12H2,1-3H3,(H,20,22)(H,23,24). The van der Waals surface area contributed by atoms with Gasteiger partial charge < -0.3 is 10.4 Å². The molecule has 2 N–H and O–H groups in total. The number of nitrogens with zero attached hydrogens (tertiary/aromatic N) is 1. The van der Waals surface area contributed by atoms with Gasteiger partial charge in [0.05, 0.1) is 4.90 Å². The van der Waals surface area contributed by atoms with Gasteiger partial charge in [-0.2, -0.15) is 4.31 Å². The highest BCUT2D eigenvalue weighted by atomic mass is 32.2. The Morgan fingerprint density at radius 1 is 1.26 bits per heavy atom. The van der Waals surface area contributed by atoms with Crippen molar-refractivity contribution >= 4 is 21.9 Å². The molecule has 3 atom stereocenters. The number of carboxylic acids is 1. The number of sulfonamides is 1. The third-order valence-electron chi connectivity index (χ3n) is 4.75. The maximum Gasteiger partial charge on any atom is 0.326 e. The molecule has 1 aromatic carbocycles. The second kappa shape index (κ2) is 8.84. The van der Waals surface area contributed by atoms with Crippen LogP contribution in [0.5, 0.6) is 0 Å². The van der Waals surface area contributed by atoms with Crippen LogP contribution >= 0.6 is 0 Å². The summed E-state index contributed by atoms with van der Waals surface area (Å²) in [6, 6.07) is 4.79. The molecule has 0 aliphatic carbocycles. The van der Waals surface area contributed by atoms with E-state index in [1.165, 1.54) is 28.6 Å². The van der Waals surface area contributed by atoms with E-state index >= 15 is 0 Å². The van der Waals surface area contributed by atoms with E-state index in [1.54, 1.807) is 0 Å². The molecule has 3 unspecified atom stereocenters. The predicted molar refractivity (Wildman–Crippen MR) is 102 cm³/mol.